The van der Waals surface area contributed by atoms with Gasteiger partial charge in [0.2, 0.25) is 11.8 Å². The van der Waals surface area contributed by atoms with Crippen LogP contribution < -0.4 is 15.8 Å². The Labute approximate surface area is 216 Å². The second-order valence-electron chi connectivity index (χ2n) is 11.6. The molecule has 3 aliphatic carbocycles. The van der Waals surface area contributed by atoms with Crippen molar-refractivity contribution in [1.29, 1.82) is 0 Å². The number of amides is 2. The molecular formula is C29H44N4O3. The molecule has 1 heterocycles. The third-order valence-corrected chi connectivity index (χ3v) is 8.89. The third kappa shape index (κ3) is 6.23. The van der Waals surface area contributed by atoms with E-state index in [9.17, 15) is 9.59 Å². The summed E-state index contributed by atoms with van der Waals surface area (Å²) in [5, 5.41) is 3.27. The summed E-state index contributed by atoms with van der Waals surface area (Å²) in [6.45, 7) is 3.01. The first kappa shape index (κ1) is 25.5. The van der Waals surface area contributed by atoms with Crippen molar-refractivity contribution in [2.75, 3.05) is 26.7 Å². The van der Waals surface area contributed by atoms with Crippen molar-refractivity contribution in [2.24, 2.45) is 23.5 Å². The summed E-state index contributed by atoms with van der Waals surface area (Å²) in [5.74, 6) is 2.33. The molecule has 198 valence electrons. The molecule has 3 N–H and O–H groups in total. The van der Waals surface area contributed by atoms with Crippen LogP contribution in [0.2, 0.25) is 0 Å². The van der Waals surface area contributed by atoms with E-state index in [0.717, 1.165) is 57.4 Å². The van der Waals surface area contributed by atoms with Gasteiger partial charge in [0.15, 0.2) is 0 Å². The first-order chi connectivity index (χ1) is 17.6. The highest BCUT2D eigenvalue weighted by Gasteiger charge is 2.44. The average molecular weight is 497 g/mol. The molecule has 1 aromatic carbocycles. The number of piperidine rings is 1. The van der Waals surface area contributed by atoms with E-state index in [2.05, 4.69) is 22.3 Å². The third-order valence-electron chi connectivity index (χ3n) is 8.89. The topological polar surface area (TPSA) is 87.9 Å². The Bertz CT molecular complexity index is 898. The van der Waals surface area contributed by atoms with Crippen LogP contribution in [-0.2, 0) is 16.1 Å². The fraction of sp³-hybridized carbons (Fsp3) is 0.724. The number of nitrogens with two attached hydrogens (primary N) is 1. The zero-order valence-corrected chi connectivity index (χ0v) is 21.9. The monoisotopic (exact) mass is 496 g/mol. The summed E-state index contributed by atoms with van der Waals surface area (Å²) < 4.78 is 5.33. The highest BCUT2D eigenvalue weighted by atomic mass is 16.5. The SMILES string of the molecule is COc1ccc(CN(C2CC2)C2CCN(C(=O)C3CC3)[C@@H](C(=O)NCC3CCCC(CN)C3)C2)cc1. The number of nitrogens with one attached hydrogen (secondary N) is 1. The van der Waals surface area contributed by atoms with E-state index in [1.165, 1.54) is 31.2 Å². The van der Waals surface area contributed by atoms with Gasteiger partial charge in [-0.05, 0) is 93.9 Å². The maximum Gasteiger partial charge on any atom is 0.242 e. The van der Waals surface area contributed by atoms with Crippen LogP contribution in [0.25, 0.3) is 0 Å². The number of benzene rings is 1. The predicted octanol–water partition coefficient (Wildman–Crippen LogP) is 3.31. The molecule has 0 bridgehead atoms. The number of ether oxygens (including phenoxy) is 1. The van der Waals surface area contributed by atoms with Crippen LogP contribution in [0.15, 0.2) is 24.3 Å². The lowest BCUT2D eigenvalue weighted by atomic mass is 9.81. The quantitative estimate of drug-likeness (QED) is 0.519. The van der Waals surface area contributed by atoms with Gasteiger partial charge in [-0.15, -0.1) is 0 Å². The van der Waals surface area contributed by atoms with Crippen molar-refractivity contribution in [3.63, 3.8) is 0 Å². The van der Waals surface area contributed by atoms with E-state index in [1.807, 2.05) is 17.0 Å². The van der Waals surface area contributed by atoms with Crippen LogP contribution in [0, 0.1) is 17.8 Å². The number of hydrogen-bond donors (Lipinski definition) is 2. The van der Waals surface area contributed by atoms with E-state index in [0.29, 0.717) is 37.0 Å². The molecule has 36 heavy (non-hydrogen) atoms. The van der Waals surface area contributed by atoms with Gasteiger partial charge in [0.25, 0.3) is 0 Å². The summed E-state index contributed by atoms with van der Waals surface area (Å²) in [5.41, 5.74) is 7.19. The Balaban J connectivity index is 1.25. The molecule has 1 aromatic rings. The van der Waals surface area contributed by atoms with Crippen molar-refractivity contribution < 1.29 is 14.3 Å². The van der Waals surface area contributed by atoms with Gasteiger partial charge in [0.1, 0.15) is 11.8 Å². The fourth-order valence-electron chi connectivity index (χ4n) is 6.39. The molecule has 4 aliphatic rings. The molecule has 0 aromatic heterocycles. The van der Waals surface area contributed by atoms with Crippen LogP contribution in [0.3, 0.4) is 0 Å². The van der Waals surface area contributed by atoms with E-state index in [4.69, 9.17) is 10.5 Å². The maximum absolute atomic E-state index is 13.6. The minimum Gasteiger partial charge on any atom is -0.497 e. The molecule has 2 amide bonds. The highest BCUT2D eigenvalue weighted by molar-refractivity contribution is 5.89. The molecule has 1 saturated heterocycles. The van der Waals surface area contributed by atoms with Crippen LogP contribution in [0.1, 0.15) is 69.8 Å². The standard InChI is InChI=1S/C29H44N4O3/c1-36-26-11-5-20(6-12-26)19-33(24-9-10-24)25-13-14-32(29(35)23-7-8-23)27(16-25)28(34)31-18-22-4-2-3-21(15-22)17-30/h5-6,11-12,21-25,27H,2-4,7-10,13-19,30H2,1H3,(H,31,34)/t21?,22?,25?,27-/m1/s1. The zero-order valence-electron chi connectivity index (χ0n) is 21.9. The molecule has 5 rings (SSSR count). The van der Waals surface area contributed by atoms with Crippen molar-refractivity contribution in [3.05, 3.63) is 29.8 Å². The molecule has 1 aliphatic heterocycles. The number of carbonyl (C=O) groups excluding carboxylic acids is 2. The minimum atomic E-state index is -0.358. The van der Waals surface area contributed by atoms with E-state index >= 15 is 0 Å². The molecule has 4 atom stereocenters. The van der Waals surface area contributed by atoms with E-state index in [1.54, 1.807) is 7.11 Å². The Morgan fingerprint density at radius 3 is 2.42 bits per heavy atom. The van der Waals surface area contributed by atoms with Crippen molar-refractivity contribution in [3.8, 4) is 5.75 Å². The lowest BCUT2D eigenvalue weighted by molar-refractivity contribution is -0.145. The Kier molecular flexibility index (Phi) is 8.16. The maximum atomic E-state index is 13.6. The van der Waals surface area contributed by atoms with Crippen LogP contribution in [-0.4, -0.2) is 66.5 Å². The first-order valence-electron chi connectivity index (χ1n) is 14.2. The average Bonchev–Trinajstić information content (AvgIpc) is 3.84. The van der Waals surface area contributed by atoms with Gasteiger partial charge in [0, 0.05) is 37.6 Å². The smallest absolute Gasteiger partial charge is 0.242 e. The fourth-order valence-corrected chi connectivity index (χ4v) is 6.39. The van der Waals surface area contributed by atoms with Gasteiger partial charge in [-0.3, -0.25) is 14.5 Å². The number of likely N-dealkylation sites (tertiary alicyclic amines) is 1. The zero-order chi connectivity index (χ0) is 25.1. The molecule has 3 saturated carbocycles. The number of rotatable bonds is 10. The molecular weight excluding hydrogens is 452 g/mol. The molecule has 7 heteroatoms. The second-order valence-corrected chi connectivity index (χ2v) is 11.6. The first-order valence-corrected chi connectivity index (χ1v) is 14.2. The predicted molar refractivity (Wildman–Crippen MR) is 140 cm³/mol. The summed E-state index contributed by atoms with van der Waals surface area (Å²) in [4.78, 5) is 31.2. The van der Waals surface area contributed by atoms with Gasteiger partial charge < -0.3 is 20.7 Å². The van der Waals surface area contributed by atoms with Gasteiger partial charge in [-0.2, -0.15) is 0 Å². The largest absolute Gasteiger partial charge is 0.497 e. The van der Waals surface area contributed by atoms with Crippen molar-refractivity contribution >= 4 is 11.8 Å². The Morgan fingerprint density at radius 2 is 1.75 bits per heavy atom. The van der Waals surface area contributed by atoms with Gasteiger partial charge in [-0.1, -0.05) is 18.6 Å². The highest BCUT2D eigenvalue weighted by Crippen LogP contribution is 2.37. The van der Waals surface area contributed by atoms with Crippen LogP contribution >= 0.6 is 0 Å². The molecule has 0 radical (unpaired) electrons. The minimum absolute atomic E-state index is 0.0452. The molecule has 0 spiro atoms. The number of nitrogens with zero attached hydrogens (tertiary/aromatic N) is 2. The van der Waals surface area contributed by atoms with E-state index in [-0.39, 0.29) is 23.8 Å². The molecule has 7 nitrogen and oxygen atoms in total. The van der Waals surface area contributed by atoms with Gasteiger partial charge in [-0.25, -0.2) is 0 Å². The molecule has 3 unspecified atom stereocenters. The number of hydrogen-bond acceptors (Lipinski definition) is 5. The number of carbonyl (C=O) groups is 2. The van der Waals surface area contributed by atoms with E-state index < -0.39 is 0 Å². The van der Waals surface area contributed by atoms with Gasteiger partial charge >= 0.3 is 0 Å². The lowest BCUT2D eigenvalue weighted by Crippen LogP contribution is -2.58. The van der Waals surface area contributed by atoms with Crippen molar-refractivity contribution in [1.82, 2.24) is 15.1 Å². The van der Waals surface area contributed by atoms with Crippen molar-refractivity contribution in [2.45, 2.75) is 88.9 Å². The summed E-state index contributed by atoms with van der Waals surface area (Å²) >= 11 is 0. The summed E-state index contributed by atoms with van der Waals surface area (Å²) in [6.07, 6.45) is 10.7. The lowest BCUT2D eigenvalue weighted by Gasteiger charge is -2.43. The Morgan fingerprint density at radius 1 is 1.00 bits per heavy atom. The Hall–Kier alpha value is -2.12. The normalized spacial score (nSPS) is 28.7. The second kappa shape index (κ2) is 11.5. The summed E-state index contributed by atoms with van der Waals surface area (Å²) in [7, 11) is 1.69. The summed E-state index contributed by atoms with van der Waals surface area (Å²) in [6, 6.07) is 8.87. The van der Waals surface area contributed by atoms with Crippen LogP contribution in [0.5, 0.6) is 5.75 Å². The van der Waals surface area contributed by atoms with Crippen LogP contribution in [0.4, 0.5) is 0 Å². The molecule has 4 fully saturated rings. The van der Waals surface area contributed by atoms with Gasteiger partial charge in [0.05, 0.1) is 7.11 Å². The number of methoxy groups -OCH3 is 1.